The Balaban J connectivity index is 1.57. The van der Waals surface area contributed by atoms with Gasteiger partial charge in [-0.2, -0.15) is 0 Å². The van der Waals surface area contributed by atoms with Crippen molar-refractivity contribution >= 4 is 28.5 Å². The average molecular weight is 520 g/mol. The minimum atomic E-state index is -0.564. The minimum Gasteiger partial charge on any atom is -0.404 e. The van der Waals surface area contributed by atoms with Gasteiger partial charge in [0.2, 0.25) is 0 Å². The van der Waals surface area contributed by atoms with E-state index in [0.29, 0.717) is 59.5 Å². The molecule has 0 spiro atoms. The number of nitrogens with one attached hydrogen (secondary N) is 1. The number of benzene rings is 2. The van der Waals surface area contributed by atoms with E-state index in [1.54, 1.807) is 24.5 Å². The molecule has 0 bridgehead atoms. The number of aromatic nitrogens is 2. The predicted molar refractivity (Wildman–Crippen MR) is 150 cm³/mol. The maximum atomic E-state index is 15.0. The highest BCUT2D eigenvalue weighted by Gasteiger charge is 2.17. The van der Waals surface area contributed by atoms with Crippen molar-refractivity contribution in [2.75, 3.05) is 13.2 Å². The van der Waals surface area contributed by atoms with E-state index in [4.69, 9.17) is 20.9 Å². The SMILES string of the molecule is CCCOCCCCc1c(F)cc(-c2cccc3ncc(C(C=NC4CCC(=N)CC4)=CN)nc23)cc1F. The van der Waals surface area contributed by atoms with E-state index in [1.165, 1.54) is 18.3 Å². The number of aliphatic imine (C=N–C) groups is 1. The van der Waals surface area contributed by atoms with E-state index in [2.05, 4.69) is 9.98 Å². The fourth-order valence-corrected chi connectivity index (χ4v) is 4.64. The molecule has 0 atom stereocenters. The lowest BCUT2D eigenvalue weighted by Gasteiger charge is -2.18. The summed E-state index contributed by atoms with van der Waals surface area (Å²) in [5.41, 5.74) is 10.1. The van der Waals surface area contributed by atoms with Crippen LogP contribution in [-0.4, -0.2) is 41.1 Å². The van der Waals surface area contributed by atoms with Crippen LogP contribution in [0.1, 0.15) is 63.1 Å². The number of halogens is 2. The van der Waals surface area contributed by atoms with Crippen LogP contribution < -0.4 is 5.73 Å². The lowest BCUT2D eigenvalue weighted by molar-refractivity contribution is 0.131. The number of para-hydroxylation sites is 1. The molecule has 3 N–H and O–H groups in total. The molecule has 1 aliphatic carbocycles. The lowest BCUT2D eigenvalue weighted by Crippen LogP contribution is -2.16. The Morgan fingerprint density at radius 2 is 1.92 bits per heavy atom. The van der Waals surface area contributed by atoms with Gasteiger partial charge in [0.25, 0.3) is 0 Å². The molecule has 0 radical (unpaired) electrons. The molecule has 1 heterocycles. The first kappa shape index (κ1) is 27.5. The van der Waals surface area contributed by atoms with Crippen molar-refractivity contribution in [2.24, 2.45) is 10.7 Å². The summed E-state index contributed by atoms with van der Waals surface area (Å²) in [4.78, 5) is 14.0. The largest absolute Gasteiger partial charge is 0.404 e. The summed E-state index contributed by atoms with van der Waals surface area (Å²) in [6.07, 6.45) is 10.7. The molecular formula is C30H35F2N5O. The van der Waals surface area contributed by atoms with Crippen LogP contribution in [0.5, 0.6) is 0 Å². The Kier molecular flexibility index (Phi) is 9.65. The van der Waals surface area contributed by atoms with Gasteiger partial charge in [-0.25, -0.2) is 13.8 Å². The maximum Gasteiger partial charge on any atom is 0.129 e. The molecule has 4 rings (SSSR count). The van der Waals surface area contributed by atoms with Gasteiger partial charge in [0, 0.05) is 48.0 Å². The predicted octanol–water partition coefficient (Wildman–Crippen LogP) is 6.66. The average Bonchev–Trinajstić information content (AvgIpc) is 2.92. The lowest BCUT2D eigenvalue weighted by atomic mass is 9.94. The highest BCUT2D eigenvalue weighted by molar-refractivity contribution is 6.09. The zero-order valence-electron chi connectivity index (χ0n) is 21.9. The van der Waals surface area contributed by atoms with E-state index in [9.17, 15) is 0 Å². The summed E-state index contributed by atoms with van der Waals surface area (Å²) in [6, 6.07) is 8.29. The molecule has 0 aliphatic heterocycles. The van der Waals surface area contributed by atoms with E-state index in [-0.39, 0.29) is 11.6 Å². The molecule has 200 valence electrons. The van der Waals surface area contributed by atoms with E-state index >= 15 is 8.78 Å². The summed E-state index contributed by atoms with van der Waals surface area (Å²) >= 11 is 0. The number of nitrogens with two attached hydrogens (primary N) is 1. The van der Waals surface area contributed by atoms with Crippen LogP contribution in [0.3, 0.4) is 0 Å². The molecule has 1 aliphatic rings. The highest BCUT2D eigenvalue weighted by Crippen LogP contribution is 2.30. The summed E-state index contributed by atoms with van der Waals surface area (Å²) in [7, 11) is 0. The van der Waals surface area contributed by atoms with Crippen molar-refractivity contribution in [1.29, 1.82) is 5.41 Å². The number of rotatable bonds is 11. The second-order valence-corrected chi connectivity index (χ2v) is 9.65. The van der Waals surface area contributed by atoms with Crippen LogP contribution in [-0.2, 0) is 11.2 Å². The fourth-order valence-electron chi connectivity index (χ4n) is 4.64. The van der Waals surface area contributed by atoms with Gasteiger partial charge in [-0.1, -0.05) is 19.1 Å². The van der Waals surface area contributed by atoms with Crippen LogP contribution >= 0.6 is 0 Å². The third-order valence-corrected chi connectivity index (χ3v) is 6.80. The van der Waals surface area contributed by atoms with E-state index in [1.807, 2.05) is 13.0 Å². The summed E-state index contributed by atoms with van der Waals surface area (Å²) in [6.45, 7) is 3.35. The maximum absolute atomic E-state index is 15.0. The Morgan fingerprint density at radius 3 is 2.63 bits per heavy atom. The van der Waals surface area contributed by atoms with Crippen molar-refractivity contribution < 1.29 is 13.5 Å². The first-order valence-electron chi connectivity index (χ1n) is 13.3. The van der Waals surface area contributed by atoms with Crippen molar-refractivity contribution in [1.82, 2.24) is 9.97 Å². The normalized spacial score (nSPS) is 16.6. The molecule has 8 heteroatoms. The third-order valence-electron chi connectivity index (χ3n) is 6.80. The first-order valence-corrected chi connectivity index (χ1v) is 13.3. The molecule has 1 aromatic heterocycles. The van der Waals surface area contributed by atoms with Gasteiger partial charge in [-0.3, -0.25) is 9.98 Å². The Hall–Kier alpha value is -3.52. The van der Waals surface area contributed by atoms with Gasteiger partial charge in [-0.15, -0.1) is 0 Å². The molecule has 0 saturated heterocycles. The van der Waals surface area contributed by atoms with E-state index < -0.39 is 11.6 Å². The smallest absolute Gasteiger partial charge is 0.129 e. The van der Waals surface area contributed by atoms with Crippen LogP contribution in [0.4, 0.5) is 8.78 Å². The van der Waals surface area contributed by atoms with Crippen LogP contribution in [0, 0.1) is 17.0 Å². The Bertz CT molecular complexity index is 1300. The number of hydrogen-bond donors (Lipinski definition) is 2. The molecule has 0 amide bonds. The molecule has 3 aromatic rings. The van der Waals surface area contributed by atoms with Crippen LogP contribution in [0.25, 0.3) is 27.7 Å². The molecule has 2 aromatic carbocycles. The minimum absolute atomic E-state index is 0.0960. The number of hydrogen-bond acceptors (Lipinski definition) is 6. The molecule has 6 nitrogen and oxygen atoms in total. The zero-order chi connectivity index (χ0) is 26.9. The topological polar surface area (TPSA) is 97.2 Å². The number of allylic oxidation sites excluding steroid dienone is 1. The quantitative estimate of drug-likeness (QED) is 0.219. The van der Waals surface area contributed by atoms with Gasteiger partial charge >= 0.3 is 0 Å². The Labute approximate surface area is 222 Å². The molecular weight excluding hydrogens is 484 g/mol. The van der Waals surface area contributed by atoms with Gasteiger partial charge < -0.3 is 15.9 Å². The highest BCUT2D eigenvalue weighted by atomic mass is 19.1. The summed E-state index contributed by atoms with van der Waals surface area (Å²) < 4.78 is 35.5. The third kappa shape index (κ3) is 6.86. The van der Waals surface area contributed by atoms with Gasteiger partial charge in [-0.05, 0) is 75.1 Å². The van der Waals surface area contributed by atoms with Crippen molar-refractivity contribution in [2.45, 2.75) is 64.3 Å². The van der Waals surface area contributed by atoms with Crippen LogP contribution in [0.2, 0.25) is 0 Å². The van der Waals surface area contributed by atoms with Crippen molar-refractivity contribution in [3.8, 4) is 11.1 Å². The first-order chi connectivity index (χ1) is 18.5. The van der Waals surface area contributed by atoms with Gasteiger partial charge in [0.1, 0.15) is 11.6 Å². The van der Waals surface area contributed by atoms with E-state index in [0.717, 1.165) is 44.2 Å². The number of unbranched alkanes of at least 4 members (excludes halogenated alkanes) is 1. The standard InChI is InChI=1S/C30H35F2N5O/c1-2-13-38-14-4-3-6-25-26(31)15-20(16-27(25)32)24-7-5-8-28-30(24)37-29(19-36-28)21(17-33)18-35-23-11-9-22(34)10-12-23/h5,7-8,15-19,23,34H,2-4,6,9-14,33H2,1H3. The summed E-state index contributed by atoms with van der Waals surface area (Å²) in [5, 5.41) is 7.78. The summed E-state index contributed by atoms with van der Waals surface area (Å²) in [5.74, 6) is -1.13. The van der Waals surface area contributed by atoms with Gasteiger partial charge in [0.05, 0.1) is 29.0 Å². The van der Waals surface area contributed by atoms with Crippen molar-refractivity contribution in [3.63, 3.8) is 0 Å². The second kappa shape index (κ2) is 13.3. The molecule has 0 unspecified atom stereocenters. The Morgan fingerprint density at radius 1 is 1.16 bits per heavy atom. The number of ether oxygens (including phenoxy) is 1. The van der Waals surface area contributed by atoms with Crippen LogP contribution in [0.15, 0.2) is 47.7 Å². The molecule has 38 heavy (non-hydrogen) atoms. The molecule has 1 saturated carbocycles. The van der Waals surface area contributed by atoms with Gasteiger partial charge in [0.15, 0.2) is 0 Å². The zero-order valence-corrected chi connectivity index (χ0v) is 21.9. The monoisotopic (exact) mass is 519 g/mol. The molecule has 1 fully saturated rings. The number of fused-ring (bicyclic) bond motifs is 1. The number of nitrogens with zero attached hydrogens (tertiary/aromatic N) is 3. The second-order valence-electron chi connectivity index (χ2n) is 9.65. The fraction of sp³-hybridized carbons (Fsp3) is 0.400. The van der Waals surface area contributed by atoms with Crippen molar-refractivity contribution in [3.05, 3.63) is 65.6 Å².